The summed E-state index contributed by atoms with van der Waals surface area (Å²) in [6, 6.07) is 0. The van der Waals surface area contributed by atoms with Crippen LogP contribution in [0.5, 0.6) is 0 Å². The highest BCUT2D eigenvalue weighted by molar-refractivity contribution is 5.60. The Bertz CT molecular complexity index is 388. The molecule has 1 aromatic heterocycles. The standard InChI is InChI=1S/C12H24N4O3/c1-12(2,8-19)7-14-11-10(13)3-15-16(11)4-9(5-17)6-18/h3,9,14,17-19H,4-8,13H2,1-2H3. The fraction of sp³-hybridized carbons (Fsp3) is 0.750. The number of nitrogens with one attached hydrogen (secondary N) is 1. The Labute approximate surface area is 113 Å². The number of rotatable bonds is 8. The molecule has 0 bridgehead atoms. The third-order valence-corrected chi connectivity index (χ3v) is 2.98. The molecule has 0 spiro atoms. The molecular weight excluding hydrogens is 248 g/mol. The lowest BCUT2D eigenvalue weighted by Crippen LogP contribution is -2.28. The van der Waals surface area contributed by atoms with E-state index in [2.05, 4.69) is 10.4 Å². The number of nitrogens with two attached hydrogens (primary N) is 1. The number of hydrogen-bond donors (Lipinski definition) is 5. The van der Waals surface area contributed by atoms with Gasteiger partial charge in [0.1, 0.15) is 5.82 Å². The van der Waals surface area contributed by atoms with Gasteiger partial charge >= 0.3 is 0 Å². The number of aromatic nitrogens is 2. The minimum Gasteiger partial charge on any atom is -0.396 e. The zero-order valence-electron chi connectivity index (χ0n) is 11.5. The lowest BCUT2D eigenvalue weighted by molar-refractivity contribution is 0.134. The number of aliphatic hydroxyl groups excluding tert-OH is 3. The maximum absolute atomic E-state index is 9.22. The van der Waals surface area contributed by atoms with Crippen molar-refractivity contribution in [3.05, 3.63) is 6.20 Å². The quantitative estimate of drug-likeness (QED) is 0.435. The summed E-state index contributed by atoms with van der Waals surface area (Å²) in [5.41, 5.74) is 6.07. The van der Waals surface area contributed by atoms with Crippen LogP contribution in [0.2, 0.25) is 0 Å². The second-order valence-corrected chi connectivity index (χ2v) is 5.54. The van der Waals surface area contributed by atoms with E-state index in [9.17, 15) is 5.11 Å². The Balaban J connectivity index is 2.74. The van der Waals surface area contributed by atoms with Crippen molar-refractivity contribution in [3.8, 4) is 0 Å². The van der Waals surface area contributed by atoms with E-state index in [4.69, 9.17) is 15.9 Å². The van der Waals surface area contributed by atoms with E-state index in [1.54, 1.807) is 4.68 Å². The molecule has 1 heterocycles. The van der Waals surface area contributed by atoms with E-state index in [1.807, 2.05) is 13.8 Å². The summed E-state index contributed by atoms with van der Waals surface area (Å²) >= 11 is 0. The first-order chi connectivity index (χ1) is 8.93. The molecule has 0 aliphatic carbocycles. The van der Waals surface area contributed by atoms with Crippen molar-refractivity contribution >= 4 is 11.5 Å². The van der Waals surface area contributed by atoms with Crippen molar-refractivity contribution < 1.29 is 15.3 Å². The van der Waals surface area contributed by atoms with Crippen molar-refractivity contribution in [2.24, 2.45) is 11.3 Å². The molecule has 0 saturated carbocycles. The van der Waals surface area contributed by atoms with Crippen LogP contribution in [0.3, 0.4) is 0 Å². The summed E-state index contributed by atoms with van der Waals surface area (Å²) < 4.78 is 1.62. The minimum absolute atomic E-state index is 0.0595. The Morgan fingerprint density at radius 1 is 1.37 bits per heavy atom. The van der Waals surface area contributed by atoms with E-state index in [1.165, 1.54) is 6.20 Å². The van der Waals surface area contributed by atoms with E-state index < -0.39 is 0 Å². The molecule has 0 aromatic carbocycles. The lowest BCUT2D eigenvalue weighted by Gasteiger charge is -2.23. The van der Waals surface area contributed by atoms with Gasteiger partial charge in [0.25, 0.3) is 0 Å². The zero-order chi connectivity index (χ0) is 14.5. The van der Waals surface area contributed by atoms with Crippen LogP contribution in [0.25, 0.3) is 0 Å². The summed E-state index contributed by atoms with van der Waals surface area (Å²) in [6.45, 7) is 4.62. The lowest BCUT2D eigenvalue weighted by atomic mass is 9.95. The molecule has 0 saturated heterocycles. The number of anilines is 2. The third-order valence-electron chi connectivity index (χ3n) is 2.98. The van der Waals surface area contributed by atoms with Crippen LogP contribution < -0.4 is 11.1 Å². The van der Waals surface area contributed by atoms with E-state index in [-0.39, 0.29) is 31.2 Å². The van der Waals surface area contributed by atoms with Gasteiger partial charge in [0, 0.05) is 37.7 Å². The Kier molecular flexibility index (Phi) is 5.59. The van der Waals surface area contributed by atoms with Gasteiger partial charge < -0.3 is 26.4 Å². The highest BCUT2D eigenvalue weighted by Crippen LogP contribution is 2.22. The van der Waals surface area contributed by atoms with Crippen LogP contribution >= 0.6 is 0 Å². The first-order valence-corrected chi connectivity index (χ1v) is 6.31. The summed E-state index contributed by atoms with van der Waals surface area (Å²) in [7, 11) is 0. The molecule has 7 nitrogen and oxygen atoms in total. The Morgan fingerprint density at radius 3 is 2.53 bits per heavy atom. The zero-order valence-corrected chi connectivity index (χ0v) is 11.5. The second-order valence-electron chi connectivity index (χ2n) is 5.54. The molecule has 0 unspecified atom stereocenters. The predicted octanol–water partition coefficient (Wildman–Crippen LogP) is -0.503. The van der Waals surface area contributed by atoms with Crippen molar-refractivity contribution in [3.63, 3.8) is 0 Å². The highest BCUT2D eigenvalue weighted by Gasteiger charge is 2.19. The van der Waals surface area contributed by atoms with Gasteiger partial charge in [0.2, 0.25) is 0 Å². The molecule has 0 fully saturated rings. The van der Waals surface area contributed by atoms with Crippen LogP contribution in [0.4, 0.5) is 11.5 Å². The van der Waals surface area contributed by atoms with Gasteiger partial charge in [0.15, 0.2) is 0 Å². The molecule has 0 radical (unpaired) electrons. The maximum Gasteiger partial charge on any atom is 0.147 e. The van der Waals surface area contributed by atoms with Gasteiger partial charge in [-0.3, -0.25) is 0 Å². The van der Waals surface area contributed by atoms with Crippen molar-refractivity contribution in [2.75, 3.05) is 37.4 Å². The molecule has 0 atom stereocenters. The van der Waals surface area contributed by atoms with E-state index >= 15 is 0 Å². The maximum atomic E-state index is 9.22. The van der Waals surface area contributed by atoms with Crippen LogP contribution in [-0.4, -0.2) is 51.5 Å². The van der Waals surface area contributed by atoms with Crippen LogP contribution in [-0.2, 0) is 6.54 Å². The number of nitrogen functional groups attached to an aromatic ring is 1. The number of nitrogens with zero attached hydrogens (tertiary/aromatic N) is 2. The Morgan fingerprint density at radius 2 is 2.00 bits per heavy atom. The molecule has 0 aliphatic heterocycles. The predicted molar refractivity (Wildman–Crippen MR) is 73.7 cm³/mol. The Hall–Kier alpha value is -1.31. The van der Waals surface area contributed by atoms with Gasteiger partial charge in [-0.05, 0) is 0 Å². The number of aliphatic hydroxyl groups is 3. The van der Waals surface area contributed by atoms with Crippen LogP contribution in [0, 0.1) is 11.3 Å². The van der Waals surface area contributed by atoms with Crippen molar-refractivity contribution in [1.29, 1.82) is 0 Å². The topological polar surface area (TPSA) is 117 Å². The average Bonchev–Trinajstić information content (AvgIpc) is 2.74. The summed E-state index contributed by atoms with van der Waals surface area (Å²) in [5.74, 6) is 0.374. The fourth-order valence-corrected chi connectivity index (χ4v) is 1.53. The van der Waals surface area contributed by atoms with Crippen LogP contribution in [0.15, 0.2) is 6.20 Å². The first kappa shape index (κ1) is 15.7. The molecule has 1 aromatic rings. The van der Waals surface area contributed by atoms with Gasteiger partial charge in [-0.2, -0.15) is 5.10 Å². The smallest absolute Gasteiger partial charge is 0.147 e. The van der Waals surface area contributed by atoms with E-state index in [0.717, 1.165) is 0 Å². The third kappa shape index (κ3) is 4.38. The summed E-state index contributed by atoms with van der Waals surface area (Å²) in [5, 5.41) is 34.7. The average molecular weight is 272 g/mol. The van der Waals surface area contributed by atoms with E-state index in [0.29, 0.717) is 24.6 Å². The van der Waals surface area contributed by atoms with Gasteiger partial charge in [-0.15, -0.1) is 0 Å². The first-order valence-electron chi connectivity index (χ1n) is 6.31. The van der Waals surface area contributed by atoms with Crippen LogP contribution in [0.1, 0.15) is 13.8 Å². The molecule has 110 valence electrons. The fourth-order valence-electron chi connectivity index (χ4n) is 1.53. The molecule has 0 aliphatic rings. The molecule has 19 heavy (non-hydrogen) atoms. The minimum atomic E-state index is -0.272. The molecule has 7 heteroatoms. The molecule has 6 N–H and O–H groups in total. The second kappa shape index (κ2) is 6.74. The number of hydrogen-bond acceptors (Lipinski definition) is 6. The molecular formula is C12H24N4O3. The van der Waals surface area contributed by atoms with Gasteiger partial charge in [-0.1, -0.05) is 13.8 Å². The normalized spacial score (nSPS) is 12.1. The van der Waals surface area contributed by atoms with Crippen molar-refractivity contribution in [2.45, 2.75) is 20.4 Å². The van der Waals surface area contributed by atoms with Crippen molar-refractivity contribution in [1.82, 2.24) is 9.78 Å². The monoisotopic (exact) mass is 272 g/mol. The highest BCUT2D eigenvalue weighted by atomic mass is 16.3. The van der Waals surface area contributed by atoms with Gasteiger partial charge in [-0.25, -0.2) is 4.68 Å². The SMILES string of the molecule is CC(C)(CO)CNc1c(N)cnn1CC(CO)CO. The van der Waals surface area contributed by atoms with Gasteiger partial charge in [0.05, 0.1) is 18.4 Å². The largest absolute Gasteiger partial charge is 0.396 e. The molecule has 1 rings (SSSR count). The summed E-state index contributed by atoms with van der Waals surface area (Å²) in [6.07, 6.45) is 1.53. The summed E-state index contributed by atoms with van der Waals surface area (Å²) in [4.78, 5) is 0. The molecule has 0 amide bonds.